The Hall–Kier alpha value is -3.04. The van der Waals surface area contributed by atoms with Gasteiger partial charge in [-0.3, -0.25) is 14.7 Å². The lowest BCUT2D eigenvalue weighted by Gasteiger charge is -2.12. The summed E-state index contributed by atoms with van der Waals surface area (Å²) in [5.41, 5.74) is 3.78. The molecule has 152 valence electrons. The molecular weight excluding hydrogens is 421 g/mol. The van der Waals surface area contributed by atoms with Crippen molar-refractivity contribution in [2.45, 2.75) is 19.0 Å². The first-order valence-electron chi connectivity index (χ1n) is 9.13. The van der Waals surface area contributed by atoms with E-state index in [4.69, 9.17) is 0 Å². The summed E-state index contributed by atoms with van der Waals surface area (Å²) in [5.74, 6) is -0.345. The molecule has 4 aromatic rings. The number of aromatic nitrogens is 4. The van der Waals surface area contributed by atoms with E-state index in [9.17, 15) is 9.18 Å². The Morgan fingerprint density at radius 2 is 1.83 bits per heavy atom. The van der Waals surface area contributed by atoms with Crippen molar-refractivity contribution in [3.63, 3.8) is 0 Å². The highest BCUT2D eigenvalue weighted by Crippen LogP contribution is 2.30. The molecule has 4 rings (SSSR count). The fourth-order valence-corrected chi connectivity index (χ4v) is 4.24. The van der Waals surface area contributed by atoms with Crippen molar-refractivity contribution in [2.75, 3.05) is 11.1 Å². The number of aryl methyl sites for hydroxylation is 2. The third-order valence-corrected chi connectivity index (χ3v) is 5.97. The van der Waals surface area contributed by atoms with E-state index < -0.39 is 0 Å². The number of amides is 1. The number of imidazole rings is 1. The first-order valence-corrected chi connectivity index (χ1v) is 10.9. The first kappa shape index (κ1) is 20.2. The van der Waals surface area contributed by atoms with Crippen LogP contribution in [0.25, 0.3) is 16.9 Å². The summed E-state index contributed by atoms with van der Waals surface area (Å²) in [6.07, 6.45) is 1.77. The largest absolute Gasteiger partial charge is 0.300 e. The van der Waals surface area contributed by atoms with Crippen LogP contribution in [0.3, 0.4) is 0 Å². The zero-order valence-corrected chi connectivity index (χ0v) is 17.9. The molecule has 2 aromatic carbocycles. The number of benzene rings is 2. The van der Waals surface area contributed by atoms with E-state index in [2.05, 4.69) is 20.5 Å². The SMILES string of the molecule is Cc1ccc(-c2cnc(SCC(=O)Nc3nnc(C)s3)n2-c2ccc(F)cc2)cc1. The second kappa shape index (κ2) is 8.76. The van der Waals surface area contributed by atoms with Gasteiger partial charge in [-0.25, -0.2) is 9.37 Å². The lowest BCUT2D eigenvalue weighted by atomic mass is 10.1. The molecular formula is C21H18FN5OS2. The topological polar surface area (TPSA) is 72.7 Å². The molecule has 0 spiro atoms. The van der Waals surface area contributed by atoms with Gasteiger partial charge in [0.25, 0.3) is 0 Å². The third-order valence-electron chi connectivity index (χ3n) is 4.27. The highest BCUT2D eigenvalue weighted by Gasteiger charge is 2.16. The highest BCUT2D eigenvalue weighted by molar-refractivity contribution is 7.99. The van der Waals surface area contributed by atoms with Crippen molar-refractivity contribution in [3.05, 3.63) is 71.1 Å². The standard InChI is InChI=1S/C21H18FN5OS2/c1-13-3-5-15(6-4-13)18-11-23-21(27(18)17-9-7-16(22)8-10-17)29-12-19(28)24-20-26-25-14(2)30-20/h3-11H,12H2,1-2H3,(H,24,26,28). The van der Waals surface area contributed by atoms with Crippen LogP contribution in [-0.2, 0) is 4.79 Å². The van der Waals surface area contributed by atoms with Gasteiger partial charge in [-0.1, -0.05) is 52.9 Å². The summed E-state index contributed by atoms with van der Waals surface area (Å²) in [6.45, 7) is 3.86. The monoisotopic (exact) mass is 439 g/mol. The van der Waals surface area contributed by atoms with Crippen LogP contribution in [0.1, 0.15) is 10.6 Å². The average Bonchev–Trinajstić information content (AvgIpc) is 3.34. The smallest absolute Gasteiger partial charge is 0.236 e. The van der Waals surface area contributed by atoms with Gasteiger partial charge in [-0.05, 0) is 38.1 Å². The molecule has 0 bridgehead atoms. The van der Waals surface area contributed by atoms with Crippen LogP contribution in [0, 0.1) is 19.7 Å². The molecule has 30 heavy (non-hydrogen) atoms. The summed E-state index contributed by atoms with van der Waals surface area (Å²) in [6, 6.07) is 14.3. The number of nitrogens with zero attached hydrogens (tertiary/aromatic N) is 4. The number of carbonyl (C=O) groups excluding carboxylic acids is 1. The molecule has 1 amide bonds. The van der Waals surface area contributed by atoms with Gasteiger partial charge in [-0.15, -0.1) is 10.2 Å². The minimum atomic E-state index is -0.309. The maximum absolute atomic E-state index is 13.5. The van der Waals surface area contributed by atoms with E-state index in [0.717, 1.165) is 27.5 Å². The van der Waals surface area contributed by atoms with E-state index in [1.165, 1.54) is 35.2 Å². The molecule has 0 fully saturated rings. The number of hydrogen-bond donors (Lipinski definition) is 1. The molecule has 0 aliphatic heterocycles. The van der Waals surface area contributed by atoms with Gasteiger partial charge in [0.2, 0.25) is 11.0 Å². The van der Waals surface area contributed by atoms with Crippen molar-refractivity contribution in [2.24, 2.45) is 0 Å². The summed E-state index contributed by atoms with van der Waals surface area (Å²) < 4.78 is 15.4. The van der Waals surface area contributed by atoms with Gasteiger partial charge < -0.3 is 0 Å². The van der Waals surface area contributed by atoms with E-state index in [-0.39, 0.29) is 17.5 Å². The first-order chi connectivity index (χ1) is 14.5. The van der Waals surface area contributed by atoms with Gasteiger partial charge in [0.1, 0.15) is 10.8 Å². The minimum Gasteiger partial charge on any atom is -0.300 e. The molecule has 0 aliphatic carbocycles. The van der Waals surface area contributed by atoms with E-state index >= 15 is 0 Å². The second-order valence-corrected chi connectivity index (χ2v) is 8.69. The summed E-state index contributed by atoms with van der Waals surface area (Å²) in [5, 5.41) is 12.4. The molecule has 0 saturated carbocycles. The van der Waals surface area contributed by atoms with Crippen LogP contribution >= 0.6 is 23.1 Å². The third kappa shape index (κ3) is 4.58. The molecule has 0 radical (unpaired) electrons. The van der Waals surface area contributed by atoms with E-state index in [1.54, 1.807) is 18.3 Å². The fourth-order valence-electron chi connectivity index (χ4n) is 2.84. The minimum absolute atomic E-state index is 0.157. The van der Waals surface area contributed by atoms with Gasteiger partial charge in [0.15, 0.2) is 5.16 Å². The van der Waals surface area contributed by atoms with Crippen LogP contribution < -0.4 is 5.32 Å². The normalized spacial score (nSPS) is 10.9. The summed E-state index contributed by atoms with van der Waals surface area (Å²) in [4.78, 5) is 16.8. The van der Waals surface area contributed by atoms with Crippen LogP contribution in [0.5, 0.6) is 0 Å². The van der Waals surface area contributed by atoms with Crippen molar-refractivity contribution in [1.82, 2.24) is 19.7 Å². The van der Waals surface area contributed by atoms with Crippen LogP contribution in [0.15, 0.2) is 59.9 Å². The predicted octanol–water partition coefficient (Wildman–Crippen LogP) is 4.88. The van der Waals surface area contributed by atoms with Crippen LogP contribution in [0.2, 0.25) is 0 Å². The second-order valence-electron chi connectivity index (χ2n) is 6.57. The summed E-state index contributed by atoms with van der Waals surface area (Å²) >= 11 is 2.62. The molecule has 1 N–H and O–H groups in total. The Morgan fingerprint density at radius 1 is 1.10 bits per heavy atom. The van der Waals surface area contributed by atoms with Crippen LogP contribution in [0.4, 0.5) is 9.52 Å². The van der Waals surface area contributed by atoms with Gasteiger partial charge in [0.05, 0.1) is 17.6 Å². The van der Waals surface area contributed by atoms with Crippen LogP contribution in [-0.4, -0.2) is 31.4 Å². The quantitative estimate of drug-likeness (QED) is 0.434. The lowest BCUT2D eigenvalue weighted by Crippen LogP contribution is -2.14. The van der Waals surface area contributed by atoms with E-state index in [1.807, 2.05) is 42.7 Å². The molecule has 9 heteroatoms. The Bertz CT molecular complexity index is 1170. The zero-order valence-electron chi connectivity index (χ0n) is 16.3. The Morgan fingerprint density at radius 3 is 2.50 bits per heavy atom. The van der Waals surface area contributed by atoms with Crippen molar-refractivity contribution >= 4 is 34.1 Å². The Kier molecular flexibility index (Phi) is 5.91. The number of halogens is 1. The number of nitrogens with one attached hydrogen (secondary N) is 1. The Labute approximate surface area is 181 Å². The van der Waals surface area contributed by atoms with Crippen molar-refractivity contribution < 1.29 is 9.18 Å². The zero-order chi connectivity index (χ0) is 21.1. The number of carbonyl (C=O) groups is 1. The van der Waals surface area contributed by atoms with E-state index in [0.29, 0.717) is 10.3 Å². The van der Waals surface area contributed by atoms with Crippen molar-refractivity contribution in [3.8, 4) is 16.9 Å². The fraction of sp³-hybridized carbons (Fsp3) is 0.143. The van der Waals surface area contributed by atoms with Gasteiger partial charge in [-0.2, -0.15) is 0 Å². The average molecular weight is 440 g/mol. The number of rotatable bonds is 6. The number of thioether (sulfide) groups is 1. The van der Waals surface area contributed by atoms with Crippen molar-refractivity contribution in [1.29, 1.82) is 0 Å². The Balaban J connectivity index is 1.61. The molecule has 2 aromatic heterocycles. The molecule has 0 atom stereocenters. The van der Waals surface area contributed by atoms with Gasteiger partial charge >= 0.3 is 0 Å². The molecule has 0 aliphatic rings. The molecule has 0 saturated heterocycles. The molecule has 0 unspecified atom stereocenters. The maximum Gasteiger partial charge on any atom is 0.236 e. The highest BCUT2D eigenvalue weighted by atomic mass is 32.2. The molecule has 6 nitrogen and oxygen atoms in total. The summed E-state index contributed by atoms with van der Waals surface area (Å²) in [7, 11) is 0. The van der Waals surface area contributed by atoms with Gasteiger partial charge in [0, 0.05) is 11.3 Å². The number of hydrogen-bond acceptors (Lipinski definition) is 6. The maximum atomic E-state index is 13.5. The molecule has 2 heterocycles. The lowest BCUT2D eigenvalue weighted by molar-refractivity contribution is -0.113. The predicted molar refractivity (Wildman–Crippen MR) is 118 cm³/mol. The number of anilines is 1.